The summed E-state index contributed by atoms with van der Waals surface area (Å²) in [6.45, 7) is 3.27. The van der Waals surface area contributed by atoms with Gasteiger partial charge in [-0.1, -0.05) is 25.5 Å². The predicted molar refractivity (Wildman–Crippen MR) is 84.7 cm³/mol. The first kappa shape index (κ1) is 16.3. The van der Waals surface area contributed by atoms with E-state index in [2.05, 4.69) is 12.2 Å². The van der Waals surface area contributed by atoms with Gasteiger partial charge in [-0.15, -0.1) is 0 Å². The van der Waals surface area contributed by atoms with Crippen molar-refractivity contribution < 1.29 is 14.7 Å². The summed E-state index contributed by atoms with van der Waals surface area (Å²) in [5.74, 6) is -0.0244. The highest BCUT2D eigenvalue weighted by Crippen LogP contribution is 2.20. The predicted octanol–water partition coefficient (Wildman–Crippen LogP) is 2.30. The molecule has 2 N–H and O–H groups in total. The van der Waals surface area contributed by atoms with Gasteiger partial charge in [-0.25, -0.2) is 0 Å². The van der Waals surface area contributed by atoms with Crippen molar-refractivity contribution in [1.29, 1.82) is 0 Å². The van der Waals surface area contributed by atoms with Gasteiger partial charge in [0.25, 0.3) is 5.91 Å². The van der Waals surface area contributed by atoms with E-state index in [-0.39, 0.29) is 23.6 Å². The Morgan fingerprint density at radius 2 is 1.95 bits per heavy atom. The Hall–Kier alpha value is -2.04. The van der Waals surface area contributed by atoms with Crippen LogP contribution in [0.1, 0.15) is 49.4 Å². The first-order chi connectivity index (χ1) is 10.6. The zero-order chi connectivity index (χ0) is 15.9. The Morgan fingerprint density at radius 3 is 2.59 bits per heavy atom. The second kappa shape index (κ2) is 7.82. The van der Waals surface area contributed by atoms with Crippen LogP contribution < -0.4 is 5.32 Å². The number of phenols is 1. The molecule has 0 radical (unpaired) electrons. The topological polar surface area (TPSA) is 69.6 Å². The quantitative estimate of drug-likeness (QED) is 0.877. The fourth-order valence-corrected chi connectivity index (χ4v) is 2.69. The van der Waals surface area contributed by atoms with Crippen molar-refractivity contribution in [3.63, 3.8) is 0 Å². The fourth-order valence-electron chi connectivity index (χ4n) is 2.69. The SMILES string of the molecule is CCCCC(=O)NC1CCN(C(=O)c2ccccc2O)CC1. The van der Waals surface area contributed by atoms with Crippen LogP contribution in [0.15, 0.2) is 24.3 Å². The lowest BCUT2D eigenvalue weighted by Gasteiger charge is -2.32. The van der Waals surface area contributed by atoms with Gasteiger partial charge >= 0.3 is 0 Å². The largest absolute Gasteiger partial charge is 0.507 e. The Bertz CT molecular complexity index is 522. The van der Waals surface area contributed by atoms with Crippen LogP contribution in [0.3, 0.4) is 0 Å². The van der Waals surface area contributed by atoms with Crippen LogP contribution in [-0.4, -0.2) is 41.0 Å². The number of nitrogens with one attached hydrogen (secondary N) is 1. The average molecular weight is 304 g/mol. The molecule has 22 heavy (non-hydrogen) atoms. The molecular weight excluding hydrogens is 280 g/mol. The molecule has 0 spiro atoms. The van der Waals surface area contributed by atoms with Gasteiger partial charge in [-0.3, -0.25) is 9.59 Å². The molecule has 0 aliphatic carbocycles. The molecule has 1 aliphatic heterocycles. The van der Waals surface area contributed by atoms with Crippen molar-refractivity contribution >= 4 is 11.8 Å². The smallest absolute Gasteiger partial charge is 0.257 e. The van der Waals surface area contributed by atoms with Crippen LogP contribution in [0.5, 0.6) is 5.75 Å². The molecule has 1 aromatic rings. The number of hydrogen-bond donors (Lipinski definition) is 2. The third kappa shape index (κ3) is 4.23. The number of amides is 2. The van der Waals surface area contributed by atoms with E-state index in [0.29, 0.717) is 25.1 Å². The summed E-state index contributed by atoms with van der Waals surface area (Å²) in [5.41, 5.74) is 0.341. The van der Waals surface area contributed by atoms with Gasteiger partial charge in [0.1, 0.15) is 5.75 Å². The summed E-state index contributed by atoms with van der Waals surface area (Å²) in [7, 11) is 0. The normalized spacial score (nSPS) is 15.6. The second-order valence-corrected chi connectivity index (χ2v) is 5.75. The van der Waals surface area contributed by atoms with E-state index in [4.69, 9.17) is 0 Å². The van der Waals surface area contributed by atoms with E-state index in [1.54, 1.807) is 23.1 Å². The van der Waals surface area contributed by atoms with Crippen LogP contribution in [0.4, 0.5) is 0 Å². The van der Waals surface area contributed by atoms with Crippen LogP contribution in [0.2, 0.25) is 0 Å². The number of carbonyl (C=O) groups excluding carboxylic acids is 2. The first-order valence-corrected chi connectivity index (χ1v) is 7.98. The highest BCUT2D eigenvalue weighted by atomic mass is 16.3. The van der Waals surface area contributed by atoms with Crippen molar-refractivity contribution in [2.45, 2.75) is 45.1 Å². The van der Waals surface area contributed by atoms with Gasteiger partial charge in [0.15, 0.2) is 0 Å². The Morgan fingerprint density at radius 1 is 1.27 bits per heavy atom. The molecule has 0 saturated carbocycles. The molecule has 0 bridgehead atoms. The van der Waals surface area contributed by atoms with Gasteiger partial charge in [0.2, 0.25) is 5.91 Å². The summed E-state index contributed by atoms with van der Waals surface area (Å²) in [4.78, 5) is 25.8. The van der Waals surface area contributed by atoms with Crippen LogP contribution in [0, 0.1) is 0 Å². The van der Waals surface area contributed by atoms with E-state index in [0.717, 1.165) is 25.7 Å². The number of benzene rings is 1. The molecule has 5 heteroatoms. The maximum Gasteiger partial charge on any atom is 0.257 e. The monoisotopic (exact) mass is 304 g/mol. The minimum atomic E-state index is -0.145. The number of aromatic hydroxyl groups is 1. The zero-order valence-electron chi connectivity index (χ0n) is 13.0. The minimum absolute atomic E-state index is 0.0162. The van der Waals surface area contributed by atoms with E-state index < -0.39 is 0 Å². The lowest BCUT2D eigenvalue weighted by atomic mass is 10.0. The number of nitrogens with zero attached hydrogens (tertiary/aromatic N) is 1. The number of likely N-dealkylation sites (tertiary alicyclic amines) is 1. The van der Waals surface area contributed by atoms with E-state index in [9.17, 15) is 14.7 Å². The summed E-state index contributed by atoms with van der Waals surface area (Å²) >= 11 is 0. The molecule has 0 atom stereocenters. The summed E-state index contributed by atoms with van der Waals surface area (Å²) in [5, 5.41) is 12.8. The number of phenolic OH excluding ortho intramolecular Hbond substituents is 1. The van der Waals surface area contributed by atoms with E-state index in [1.165, 1.54) is 6.07 Å². The van der Waals surface area contributed by atoms with Crippen LogP contribution >= 0.6 is 0 Å². The molecule has 1 fully saturated rings. The Balaban J connectivity index is 1.83. The number of rotatable bonds is 5. The lowest BCUT2D eigenvalue weighted by molar-refractivity contribution is -0.122. The van der Waals surface area contributed by atoms with Gasteiger partial charge < -0.3 is 15.3 Å². The van der Waals surface area contributed by atoms with E-state index in [1.807, 2.05) is 0 Å². The zero-order valence-corrected chi connectivity index (χ0v) is 13.0. The Labute approximate surface area is 131 Å². The van der Waals surface area contributed by atoms with Gasteiger partial charge in [-0.05, 0) is 31.4 Å². The maximum atomic E-state index is 12.4. The lowest BCUT2D eigenvalue weighted by Crippen LogP contribution is -2.46. The molecule has 1 saturated heterocycles. The summed E-state index contributed by atoms with van der Waals surface area (Å²) < 4.78 is 0. The molecule has 2 rings (SSSR count). The number of hydrogen-bond acceptors (Lipinski definition) is 3. The van der Waals surface area contributed by atoms with E-state index >= 15 is 0 Å². The molecular formula is C17H24N2O3. The summed E-state index contributed by atoms with van der Waals surface area (Å²) in [6.07, 6.45) is 4.03. The van der Waals surface area contributed by atoms with Crippen molar-refractivity contribution in [2.75, 3.05) is 13.1 Å². The van der Waals surface area contributed by atoms with Gasteiger partial charge in [0, 0.05) is 25.6 Å². The molecule has 1 aromatic carbocycles. The molecule has 0 unspecified atom stereocenters. The molecule has 1 heterocycles. The van der Waals surface area contributed by atoms with Crippen molar-refractivity contribution in [1.82, 2.24) is 10.2 Å². The second-order valence-electron chi connectivity index (χ2n) is 5.75. The highest BCUT2D eigenvalue weighted by molar-refractivity contribution is 5.96. The number of para-hydroxylation sites is 1. The average Bonchev–Trinajstić information content (AvgIpc) is 2.53. The number of carbonyl (C=O) groups is 2. The summed E-state index contributed by atoms with van der Waals surface area (Å²) in [6, 6.07) is 6.75. The third-order valence-corrected chi connectivity index (χ3v) is 4.04. The van der Waals surface area contributed by atoms with Crippen molar-refractivity contribution in [3.8, 4) is 5.75 Å². The maximum absolute atomic E-state index is 12.4. The first-order valence-electron chi connectivity index (χ1n) is 7.98. The minimum Gasteiger partial charge on any atom is -0.507 e. The van der Waals surface area contributed by atoms with Gasteiger partial charge in [0.05, 0.1) is 5.56 Å². The fraction of sp³-hybridized carbons (Fsp3) is 0.529. The standard InChI is InChI=1S/C17H24N2O3/c1-2-3-8-16(21)18-13-9-11-19(12-10-13)17(22)14-6-4-5-7-15(14)20/h4-7,13,20H,2-3,8-12H2,1H3,(H,18,21). The Kier molecular flexibility index (Phi) is 5.81. The molecule has 2 amide bonds. The van der Waals surface area contributed by atoms with Gasteiger partial charge in [-0.2, -0.15) is 0 Å². The molecule has 120 valence electrons. The van der Waals surface area contributed by atoms with Crippen LogP contribution in [0.25, 0.3) is 0 Å². The van der Waals surface area contributed by atoms with Crippen molar-refractivity contribution in [3.05, 3.63) is 29.8 Å². The highest BCUT2D eigenvalue weighted by Gasteiger charge is 2.25. The third-order valence-electron chi connectivity index (χ3n) is 4.04. The molecule has 0 aromatic heterocycles. The van der Waals surface area contributed by atoms with Crippen molar-refractivity contribution in [2.24, 2.45) is 0 Å². The number of piperidine rings is 1. The molecule has 1 aliphatic rings. The molecule has 5 nitrogen and oxygen atoms in total. The van der Waals surface area contributed by atoms with Crippen LogP contribution in [-0.2, 0) is 4.79 Å². The number of unbranched alkanes of at least 4 members (excludes halogenated alkanes) is 1.